The van der Waals surface area contributed by atoms with Crippen LogP contribution in [-0.2, 0) is 10.0 Å². The van der Waals surface area contributed by atoms with Crippen molar-refractivity contribution in [3.63, 3.8) is 0 Å². The van der Waals surface area contributed by atoms with E-state index in [1.165, 1.54) is 6.92 Å². The number of sulfonamides is 1. The highest BCUT2D eigenvalue weighted by molar-refractivity contribution is 7.89. The van der Waals surface area contributed by atoms with Gasteiger partial charge in [0, 0.05) is 17.3 Å². The highest BCUT2D eigenvalue weighted by Gasteiger charge is 2.33. The molecule has 1 aliphatic rings. The van der Waals surface area contributed by atoms with E-state index in [0.29, 0.717) is 11.6 Å². The molecule has 2 rings (SSSR count). The van der Waals surface area contributed by atoms with Gasteiger partial charge in [-0.15, -0.1) is 0 Å². The summed E-state index contributed by atoms with van der Waals surface area (Å²) in [6, 6.07) is -0.0398. The molecule has 0 spiro atoms. The van der Waals surface area contributed by atoms with Crippen molar-refractivity contribution in [3.05, 3.63) is 17.0 Å². The molecule has 1 aromatic heterocycles. The predicted molar refractivity (Wildman–Crippen MR) is 69.7 cm³/mol. The van der Waals surface area contributed by atoms with Crippen LogP contribution in [0.25, 0.3) is 0 Å². The van der Waals surface area contributed by atoms with Crippen LogP contribution in [0.15, 0.2) is 4.90 Å². The van der Waals surface area contributed by atoms with Gasteiger partial charge in [-0.25, -0.2) is 17.9 Å². The van der Waals surface area contributed by atoms with Crippen LogP contribution in [0, 0.1) is 19.8 Å². The van der Waals surface area contributed by atoms with E-state index in [2.05, 4.69) is 16.6 Å². The molecule has 7 heteroatoms. The number of aromatic amines is 1. The minimum absolute atomic E-state index is 0.0398. The van der Waals surface area contributed by atoms with Crippen molar-refractivity contribution in [2.45, 2.75) is 44.6 Å². The monoisotopic (exact) mass is 286 g/mol. The summed E-state index contributed by atoms with van der Waals surface area (Å²) in [6.07, 6.45) is 1.65. The summed E-state index contributed by atoms with van der Waals surface area (Å²) in [5, 5.41) is 9.00. The lowest BCUT2D eigenvalue weighted by Gasteiger charge is -2.32. The maximum Gasteiger partial charge on any atom is 0.352 e. The molecular weight excluding hydrogens is 268 g/mol. The van der Waals surface area contributed by atoms with Gasteiger partial charge >= 0.3 is 5.97 Å². The Labute approximate surface area is 112 Å². The molecule has 3 N–H and O–H groups in total. The van der Waals surface area contributed by atoms with Gasteiger partial charge in [-0.3, -0.25) is 0 Å². The van der Waals surface area contributed by atoms with Gasteiger partial charge in [0.2, 0.25) is 10.0 Å². The molecule has 0 aliphatic heterocycles. The molecule has 1 saturated carbocycles. The molecular formula is C12H18N2O4S. The van der Waals surface area contributed by atoms with Gasteiger partial charge in [-0.05, 0) is 32.6 Å². The Bertz CT molecular complexity index is 612. The first kappa shape index (κ1) is 14.1. The van der Waals surface area contributed by atoms with Crippen LogP contribution in [0.2, 0.25) is 0 Å². The molecule has 0 unspecified atom stereocenters. The van der Waals surface area contributed by atoms with Crippen LogP contribution in [0.1, 0.15) is 41.5 Å². The van der Waals surface area contributed by atoms with E-state index >= 15 is 0 Å². The van der Waals surface area contributed by atoms with E-state index in [1.807, 2.05) is 0 Å². The van der Waals surface area contributed by atoms with E-state index in [4.69, 9.17) is 5.11 Å². The molecule has 0 radical (unpaired) electrons. The van der Waals surface area contributed by atoms with Gasteiger partial charge < -0.3 is 10.1 Å². The van der Waals surface area contributed by atoms with Crippen molar-refractivity contribution < 1.29 is 18.3 Å². The summed E-state index contributed by atoms with van der Waals surface area (Å²) < 4.78 is 27.2. The van der Waals surface area contributed by atoms with E-state index in [-0.39, 0.29) is 22.2 Å². The van der Waals surface area contributed by atoms with Gasteiger partial charge in [-0.2, -0.15) is 0 Å². The lowest BCUT2D eigenvalue weighted by Crippen LogP contribution is -2.43. The Morgan fingerprint density at radius 3 is 2.37 bits per heavy atom. The van der Waals surface area contributed by atoms with E-state index in [1.54, 1.807) is 6.92 Å². The van der Waals surface area contributed by atoms with E-state index in [0.717, 1.165) is 12.8 Å². The molecule has 106 valence electrons. The first-order valence-corrected chi connectivity index (χ1v) is 7.65. The average molecular weight is 286 g/mol. The van der Waals surface area contributed by atoms with Crippen LogP contribution < -0.4 is 4.72 Å². The van der Waals surface area contributed by atoms with Crippen LogP contribution in [0.3, 0.4) is 0 Å². The minimum atomic E-state index is -3.66. The van der Waals surface area contributed by atoms with Gasteiger partial charge in [0.05, 0.1) is 0 Å². The largest absolute Gasteiger partial charge is 0.477 e. The second-order valence-corrected chi connectivity index (χ2v) is 6.93. The number of aryl methyl sites for hydroxylation is 1. The zero-order valence-electron chi connectivity index (χ0n) is 11.1. The molecule has 1 aliphatic carbocycles. The van der Waals surface area contributed by atoms with Crippen LogP contribution in [0.4, 0.5) is 0 Å². The third kappa shape index (κ3) is 2.52. The number of aromatic nitrogens is 1. The molecule has 0 amide bonds. The van der Waals surface area contributed by atoms with Gasteiger partial charge in [0.1, 0.15) is 10.6 Å². The Balaban J connectivity index is 2.32. The normalized spacial score (nSPS) is 23.1. The zero-order chi connectivity index (χ0) is 14.4. The molecule has 0 saturated heterocycles. The number of aromatic carboxylic acids is 1. The van der Waals surface area contributed by atoms with Crippen LogP contribution >= 0.6 is 0 Å². The first-order valence-electron chi connectivity index (χ1n) is 6.17. The van der Waals surface area contributed by atoms with Crippen molar-refractivity contribution in [1.29, 1.82) is 0 Å². The molecule has 1 fully saturated rings. The maximum absolute atomic E-state index is 12.3. The van der Waals surface area contributed by atoms with Crippen molar-refractivity contribution in [3.8, 4) is 0 Å². The maximum atomic E-state index is 12.3. The molecule has 0 atom stereocenters. The fourth-order valence-corrected chi connectivity index (χ4v) is 4.34. The SMILES string of the molecule is Cc1[nH]c(C(=O)O)c(C)c1S(=O)(=O)NC1CC(C)C1. The van der Waals surface area contributed by atoms with Gasteiger partial charge in [0.25, 0.3) is 0 Å². The van der Waals surface area contributed by atoms with E-state index < -0.39 is 16.0 Å². The summed E-state index contributed by atoms with van der Waals surface area (Å²) in [7, 11) is -3.66. The second-order valence-electron chi connectivity index (χ2n) is 5.28. The number of hydrogen-bond acceptors (Lipinski definition) is 3. The minimum Gasteiger partial charge on any atom is -0.477 e. The number of carbonyl (C=O) groups is 1. The number of carboxylic acids is 1. The molecule has 0 aromatic carbocycles. The van der Waals surface area contributed by atoms with Crippen molar-refractivity contribution in [2.75, 3.05) is 0 Å². The highest BCUT2D eigenvalue weighted by Crippen LogP contribution is 2.29. The molecule has 1 heterocycles. The summed E-state index contributed by atoms with van der Waals surface area (Å²) in [4.78, 5) is 13.7. The average Bonchev–Trinajstić information content (AvgIpc) is 2.52. The fraction of sp³-hybridized carbons (Fsp3) is 0.583. The number of carboxylic acid groups (broad SMARTS) is 1. The smallest absolute Gasteiger partial charge is 0.352 e. The number of nitrogens with one attached hydrogen (secondary N) is 2. The number of rotatable bonds is 4. The third-order valence-electron chi connectivity index (χ3n) is 3.55. The lowest BCUT2D eigenvalue weighted by molar-refractivity contribution is 0.0690. The third-order valence-corrected chi connectivity index (χ3v) is 5.34. The Hall–Kier alpha value is -1.34. The van der Waals surface area contributed by atoms with E-state index in [9.17, 15) is 13.2 Å². The number of hydrogen-bond donors (Lipinski definition) is 3. The molecule has 1 aromatic rings. The van der Waals surface area contributed by atoms with Gasteiger partial charge in [0.15, 0.2) is 0 Å². The summed E-state index contributed by atoms with van der Waals surface area (Å²) in [5.41, 5.74) is 0.541. The van der Waals surface area contributed by atoms with Crippen LogP contribution in [0.5, 0.6) is 0 Å². The van der Waals surface area contributed by atoms with Gasteiger partial charge in [-0.1, -0.05) is 6.92 Å². The summed E-state index contributed by atoms with van der Waals surface area (Å²) >= 11 is 0. The Morgan fingerprint density at radius 2 is 1.95 bits per heavy atom. The van der Waals surface area contributed by atoms with Crippen LogP contribution in [-0.4, -0.2) is 30.5 Å². The van der Waals surface area contributed by atoms with Crippen molar-refractivity contribution >= 4 is 16.0 Å². The second kappa shape index (κ2) is 4.64. The summed E-state index contributed by atoms with van der Waals surface area (Å²) in [5.74, 6) is -0.616. The quantitative estimate of drug-likeness (QED) is 0.779. The highest BCUT2D eigenvalue weighted by atomic mass is 32.2. The molecule has 6 nitrogen and oxygen atoms in total. The van der Waals surface area contributed by atoms with Crippen molar-refractivity contribution in [2.24, 2.45) is 5.92 Å². The lowest BCUT2D eigenvalue weighted by atomic mass is 9.83. The first-order chi connectivity index (χ1) is 8.72. The van der Waals surface area contributed by atoms with Crippen molar-refractivity contribution in [1.82, 2.24) is 9.71 Å². The number of H-pyrrole nitrogens is 1. The Kier molecular flexibility index (Phi) is 3.44. The fourth-order valence-electron chi connectivity index (χ4n) is 2.63. The Morgan fingerprint density at radius 1 is 1.37 bits per heavy atom. The molecule has 0 bridgehead atoms. The topological polar surface area (TPSA) is 99.3 Å². The predicted octanol–water partition coefficient (Wildman–Crippen LogP) is 1.41. The molecule has 19 heavy (non-hydrogen) atoms. The summed E-state index contributed by atoms with van der Waals surface area (Å²) in [6.45, 7) is 5.14. The zero-order valence-corrected chi connectivity index (χ0v) is 12.0. The standard InChI is InChI=1S/C12H18N2O4S/c1-6-4-9(5-6)14-19(17,18)11-7(2)10(12(15)16)13-8(11)3/h6,9,13-14H,4-5H2,1-3H3,(H,15,16).